The van der Waals surface area contributed by atoms with Crippen LogP contribution in [0.25, 0.3) is 110 Å². The smallest absolute Gasteiger partial charge is 0.266 e. The lowest BCUT2D eigenvalue weighted by Gasteiger charge is -2.28. The minimum atomic E-state index is -0.562. The quantitative estimate of drug-likeness (QED) is 0.131. The van der Waals surface area contributed by atoms with Gasteiger partial charge in [0.1, 0.15) is 0 Å². The van der Waals surface area contributed by atoms with Gasteiger partial charge in [0.05, 0.1) is 22.5 Å². The third kappa shape index (κ3) is 4.95. The van der Waals surface area contributed by atoms with Gasteiger partial charge in [0.2, 0.25) is 0 Å². The maximum absolute atomic E-state index is 14.2. The molecule has 0 aliphatic heterocycles. The van der Waals surface area contributed by atoms with Crippen LogP contribution in [-0.2, 0) is 0 Å². The summed E-state index contributed by atoms with van der Waals surface area (Å²) in [6.07, 6.45) is 0.135. The number of Topliss-reactive ketones (excluding diaryl/α,β-unsaturated/α-hetero) is 2. The highest BCUT2D eigenvalue weighted by Crippen LogP contribution is 2.51. The lowest BCUT2D eigenvalue weighted by molar-refractivity contribution is 0.0894. The Morgan fingerprint density at radius 3 is 1.39 bits per heavy atom. The van der Waals surface area contributed by atoms with Gasteiger partial charge >= 0.3 is 0 Å². The van der Waals surface area contributed by atoms with Crippen molar-refractivity contribution in [3.05, 3.63) is 225 Å². The van der Waals surface area contributed by atoms with E-state index in [9.17, 15) is 19.2 Å². The number of carbonyl (C=O) groups is 2. The molecule has 1 unspecified atom stereocenters. The summed E-state index contributed by atoms with van der Waals surface area (Å²) in [7, 11) is 0. The number of hydrogen-bond donors (Lipinski definition) is 0. The minimum absolute atomic E-state index is 0.00450. The monoisotopic (exact) mass is 846 g/mol. The zero-order valence-corrected chi connectivity index (χ0v) is 35.2. The van der Waals surface area contributed by atoms with Crippen molar-refractivity contribution in [1.29, 1.82) is 0 Å². The minimum Gasteiger partial charge on any atom is -0.309 e. The summed E-state index contributed by atoms with van der Waals surface area (Å²) in [5.41, 5.74) is 13.0. The molecule has 66 heavy (non-hydrogen) atoms. The number of ketones is 2. The molecule has 6 heteroatoms. The number of aromatic nitrogens is 2. The molecule has 0 fully saturated rings. The standard InChI is InChI=1S/C60H34N2O4/c63-55-32-52-56-48(38-14-4-8-18-42(38)55)28-35(29-49(56)39-15-5-9-19-43(39)58(52)64)33-22-24-53-46(26-33)47-27-34(23-25-54(47)61(53)37-12-2-1-3-13-37)36-30-50-40-16-6-10-20-44(40)59(65)62-57(50)51(31-36)41-17-7-11-21-45(41)60(62)66/h1-31,52H,32H2. The normalized spacial score (nSPS) is 14.3. The largest absolute Gasteiger partial charge is 0.309 e. The van der Waals surface area contributed by atoms with Gasteiger partial charge < -0.3 is 4.57 Å². The summed E-state index contributed by atoms with van der Waals surface area (Å²) in [6.45, 7) is 0. The molecule has 308 valence electrons. The predicted octanol–water partition coefficient (Wildman–Crippen LogP) is 13.2. The second-order valence-corrected chi connectivity index (χ2v) is 17.7. The van der Waals surface area contributed by atoms with Crippen molar-refractivity contribution >= 4 is 71.2 Å². The highest BCUT2D eigenvalue weighted by Gasteiger charge is 2.39. The van der Waals surface area contributed by atoms with Crippen molar-refractivity contribution in [3.63, 3.8) is 0 Å². The summed E-state index contributed by atoms with van der Waals surface area (Å²) in [4.78, 5) is 56.2. The number of para-hydroxylation sites is 1. The SMILES string of the molecule is O=C1CC2C(=O)c3ccccc3-c3cc(-c4ccc5c(c4)c4cc(-c6cc7c8ccccc8c(=O)n8c(=O)c9ccccc9c(c6)c78)ccc4n5-c4ccccc4)cc(c32)-c2ccccc21. The maximum atomic E-state index is 14.2. The zero-order valence-electron chi connectivity index (χ0n) is 35.2. The number of carbonyl (C=O) groups excluding carboxylic acids is 2. The van der Waals surface area contributed by atoms with Crippen LogP contribution < -0.4 is 11.1 Å². The first-order valence-corrected chi connectivity index (χ1v) is 22.3. The Kier molecular flexibility index (Phi) is 7.45. The Balaban J connectivity index is 1.04. The number of nitrogens with zero attached hydrogens (tertiary/aromatic N) is 2. The lowest BCUT2D eigenvalue weighted by atomic mass is 9.73. The van der Waals surface area contributed by atoms with Gasteiger partial charge in [-0.3, -0.25) is 19.2 Å². The second-order valence-electron chi connectivity index (χ2n) is 17.7. The fourth-order valence-electron chi connectivity index (χ4n) is 11.4. The van der Waals surface area contributed by atoms with Crippen molar-refractivity contribution in [1.82, 2.24) is 8.97 Å². The summed E-state index contributed by atoms with van der Waals surface area (Å²) in [5.74, 6) is -0.586. The van der Waals surface area contributed by atoms with Crippen LogP contribution in [0.2, 0.25) is 0 Å². The highest BCUT2D eigenvalue weighted by molar-refractivity contribution is 6.21. The van der Waals surface area contributed by atoms with Gasteiger partial charge in [-0.2, -0.15) is 0 Å². The molecule has 1 atom stereocenters. The third-order valence-electron chi connectivity index (χ3n) is 14.3. The van der Waals surface area contributed by atoms with Crippen LogP contribution in [0.1, 0.15) is 38.6 Å². The van der Waals surface area contributed by atoms with Crippen LogP contribution in [-0.4, -0.2) is 20.5 Å². The van der Waals surface area contributed by atoms with E-state index >= 15 is 0 Å². The topological polar surface area (TPSA) is 77.6 Å². The van der Waals surface area contributed by atoms with Crippen molar-refractivity contribution in [2.45, 2.75) is 12.3 Å². The molecular weight excluding hydrogens is 813 g/mol. The molecule has 2 aliphatic rings. The fourth-order valence-corrected chi connectivity index (χ4v) is 11.4. The van der Waals surface area contributed by atoms with Gasteiger partial charge in [0.15, 0.2) is 11.6 Å². The summed E-state index contributed by atoms with van der Waals surface area (Å²) in [5, 5.41) is 6.44. The van der Waals surface area contributed by atoms with Gasteiger partial charge in [-0.15, -0.1) is 0 Å². The fraction of sp³-hybridized carbons (Fsp3) is 0.0333. The van der Waals surface area contributed by atoms with Crippen LogP contribution in [0.4, 0.5) is 0 Å². The number of hydrogen-bond acceptors (Lipinski definition) is 4. The van der Waals surface area contributed by atoms with E-state index < -0.39 is 5.92 Å². The molecule has 6 nitrogen and oxygen atoms in total. The highest BCUT2D eigenvalue weighted by atomic mass is 16.2. The van der Waals surface area contributed by atoms with E-state index in [4.69, 9.17) is 0 Å². The molecule has 0 saturated heterocycles. The van der Waals surface area contributed by atoms with Crippen molar-refractivity contribution < 1.29 is 9.59 Å². The molecule has 0 amide bonds. The Hall–Kier alpha value is -8.74. The first-order chi connectivity index (χ1) is 32.4. The summed E-state index contributed by atoms with van der Waals surface area (Å²) < 4.78 is 3.67. The molecule has 0 spiro atoms. The van der Waals surface area contributed by atoms with E-state index in [1.165, 1.54) is 4.40 Å². The molecule has 12 aromatic rings. The van der Waals surface area contributed by atoms with Gasteiger partial charge in [0.25, 0.3) is 11.1 Å². The van der Waals surface area contributed by atoms with E-state index in [-0.39, 0.29) is 29.1 Å². The van der Waals surface area contributed by atoms with Crippen LogP contribution in [0, 0.1) is 0 Å². The zero-order chi connectivity index (χ0) is 43.9. The van der Waals surface area contributed by atoms with E-state index in [1.54, 1.807) is 12.1 Å². The summed E-state index contributed by atoms with van der Waals surface area (Å²) >= 11 is 0. The number of rotatable bonds is 3. The van der Waals surface area contributed by atoms with Gasteiger partial charge in [-0.1, -0.05) is 115 Å². The molecule has 0 radical (unpaired) electrons. The average Bonchev–Trinajstić information content (AvgIpc) is 3.63. The van der Waals surface area contributed by atoms with Gasteiger partial charge in [-0.25, -0.2) is 4.40 Å². The first kappa shape index (κ1) is 36.7. The second kappa shape index (κ2) is 13.4. The molecule has 14 rings (SSSR count). The number of pyridine rings is 2. The van der Waals surface area contributed by atoms with E-state index in [0.29, 0.717) is 27.4 Å². The molecule has 3 heterocycles. The molecule has 0 bridgehead atoms. The lowest BCUT2D eigenvalue weighted by Crippen LogP contribution is -2.27. The van der Waals surface area contributed by atoms with Crippen LogP contribution >= 0.6 is 0 Å². The molecular formula is C60H34N2O4. The number of fused-ring (bicyclic) bond motifs is 11. The third-order valence-corrected chi connectivity index (χ3v) is 14.3. The molecule has 3 aromatic heterocycles. The van der Waals surface area contributed by atoms with Gasteiger partial charge in [0, 0.05) is 55.6 Å². The first-order valence-electron chi connectivity index (χ1n) is 22.3. The Bertz CT molecular complexity index is 4180. The maximum Gasteiger partial charge on any atom is 0.266 e. The average molecular weight is 847 g/mol. The van der Waals surface area contributed by atoms with Crippen LogP contribution in [0.15, 0.2) is 198 Å². The van der Waals surface area contributed by atoms with E-state index in [1.807, 2.05) is 91.0 Å². The Morgan fingerprint density at radius 2 is 0.818 bits per heavy atom. The molecule has 9 aromatic carbocycles. The molecule has 0 saturated carbocycles. The number of benzene rings is 9. The van der Waals surface area contributed by atoms with Crippen molar-refractivity contribution in [3.8, 4) is 50.2 Å². The summed E-state index contributed by atoms with van der Waals surface area (Å²) in [6, 6.07) is 63.0. The Morgan fingerprint density at radius 1 is 0.364 bits per heavy atom. The molecule has 2 aliphatic carbocycles. The molecule has 0 N–H and O–H groups in total. The van der Waals surface area contributed by atoms with Crippen LogP contribution in [0.5, 0.6) is 0 Å². The van der Waals surface area contributed by atoms with E-state index in [0.717, 1.165) is 99.1 Å². The van der Waals surface area contributed by atoms with E-state index in [2.05, 4.69) is 89.5 Å². The van der Waals surface area contributed by atoms with Gasteiger partial charge in [-0.05, 0) is 134 Å². The Labute approximate surface area is 376 Å². The predicted molar refractivity (Wildman–Crippen MR) is 266 cm³/mol. The van der Waals surface area contributed by atoms with Crippen molar-refractivity contribution in [2.24, 2.45) is 0 Å². The van der Waals surface area contributed by atoms with Crippen molar-refractivity contribution in [2.75, 3.05) is 0 Å². The van der Waals surface area contributed by atoms with Crippen LogP contribution in [0.3, 0.4) is 0 Å².